The smallest absolute Gasteiger partial charge is 0.127 e. The molecule has 0 saturated carbocycles. The Morgan fingerprint density at radius 1 is 0.952 bits per heavy atom. The summed E-state index contributed by atoms with van der Waals surface area (Å²) < 4.78 is 6.18. The van der Waals surface area contributed by atoms with E-state index in [0.717, 1.165) is 16.9 Å². The molecule has 2 aromatic rings. The van der Waals surface area contributed by atoms with Crippen LogP contribution in [0.2, 0.25) is 0 Å². The molecule has 3 rings (SSSR count). The van der Waals surface area contributed by atoms with Gasteiger partial charge in [0.1, 0.15) is 11.9 Å². The van der Waals surface area contributed by atoms with Gasteiger partial charge < -0.3 is 9.84 Å². The molecule has 0 saturated heterocycles. The molecule has 110 valence electrons. The van der Waals surface area contributed by atoms with Crippen LogP contribution in [0.1, 0.15) is 52.0 Å². The highest BCUT2D eigenvalue weighted by Gasteiger charge is 2.29. The van der Waals surface area contributed by atoms with Crippen LogP contribution in [-0.2, 0) is 0 Å². The van der Waals surface area contributed by atoms with E-state index < -0.39 is 6.10 Å². The molecule has 2 aromatic carbocycles. The predicted octanol–water partition coefficient (Wildman–Crippen LogP) is 4.48. The van der Waals surface area contributed by atoms with Crippen LogP contribution in [0, 0.1) is 27.7 Å². The Labute approximate surface area is 126 Å². The molecule has 2 heteroatoms. The van der Waals surface area contributed by atoms with Crippen LogP contribution in [0.3, 0.4) is 0 Å². The average Bonchev–Trinajstić information content (AvgIpc) is 2.38. The van der Waals surface area contributed by atoms with E-state index in [9.17, 15) is 5.11 Å². The summed E-state index contributed by atoms with van der Waals surface area (Å²) in [6, 6.07) is 10.4. The molecule has 2 atom stereocenters. The predicted molar refractivity (Wildman–Crippen MR) is 84.8 cm³/mol. The van der Waals surface area contributed by atoms with E-state index in [1.54, 1.807) is 0 Å². The summed E-state index contributed by atoms with van der Waals surface area (Å²) in [5, 5.41) is 10.5. The van der Waals surface area contributed by atoms with Gasteiger partial charge in [-0.3, -0.25) is 0 Å². The van der Waals surface area contributed by atoms with Crippen molar-refractivity contribution in [2.45, 2.75) is 46.3 Å². The fourth-order valence-corrected chi connectivity index (χ4v) is 3.44. The number of aliphatic hydroxyl groups excluding tert-OH is 1. The van der Waals surface area contributed by atoms with Crippen molar-refractivity contribution in [2.24, 2.45) is 0 Å². The molecular formula is C19H22O2. The van der Waals surface area contributed by atoms with E-state index >= 15 is 0 Å². The van der Waals surface area contributed by atoms with Gasteiger partial charge in [-0.05, 0) is 56.5 Å². The van der Waals surface area contributed by atoms with Crippen LogP contribution < -0.4 is 4.74 Å². The van der Waals surface area contributed by atoms with Crippen LogP contribution in [0.4, 0.5) is 0 Å². The first-order valence-corrected chi connectivity index (χ1v) is 7.48. The minimum atomic E-state index is -0.459. The summed E-state index contributed by atoms with van der Waals surface area (Å²) in [7, 11) is 0. The van der Waals surface area contributed by atoms with Gasteiger partial charge in [0.2, 0.25) is 0 Å². The maximum Gasteiger partial charge on any atom is 0.127 e. The number of hydrogen-bond acceptors (Lipinski definition) is 2. The van der Waals surface area contributed by atoms with Crippen LogP contribution in [0.25, 0.3) is 0 Å². The molecule has 0 radical (unpaired) electrons. The summed E-state index contributed by atoms with van der Waals surface area (Å²) >= 11 is 0. The third kappa shape index (κ3) is 2.56. The van der Waals surface area contributed by atoms with Crippen molar-refractivity contribution in [3.8, 4) is 5.75 Å². The Morgan fingerprint density at radius 3 is 2.29 bits per heavy atom. The first-order chi connectivity index (χ1) is 9.95. The lowest BCUT2D eigenvalue weighted by Gasteiger charge is -2.32. The summed E-state index contributed by atoms with van der Waals surface area (Å²) in [6.45, 7) is 8.39. The van der Waals surface area contributed by atoms with Gasteiger partial charge in [-0.25, -0.2) is 0 Å². The molecule has 0 amide bonds. The van der Waals surface area contributed by atoms with Gasteiger partial charge >= 0.3 is 0 Å². The summed E-state index contributed by atoms with van der Waals surface area (Å²) in [4.78, 5) is 0. The van der Waals surface area contributed by atoms with Crippen molar-refractivity contribution in [1.82, 2.24) is 0 Å². The minimum absolute atomic E-state index is 0.0733. The lowest BCUT2D eigenvalue weighted by Crippen LogP contribution is -2.20. The number of hydrogen-bond donors (Lipinski definition) is 1. The zero-order chi connectivity index (χ0) is 15.1. The highest BCUT2D eigenvalue weighted by molar-refractivity contribution is 5.44. The SMILES string of the molecule is Cc1cc(C)c(C2C[C@@H](O)c3cc(C)ccc3O2)c(C)c1. The van der Waals surface area contributed by atoms with Gasteiger partial charge in [0.25, 0.3) is 0 Å². The molecule has 0 fully saturated rings. The summed E-state index contributed by atoms with van der Waals surface area (Å²) in [5.41, 5.74) is 7.01. The average molecular weight is 282 g/mol. The van der Waals surface area contributed by atoms with Gasteiger partial charge in [0.15, 0.2) is 0 Å². The highest BCUT2D eigenvalue weighted by Crippen LogP contribution is 2.42. The van der Waals surface area contributed by atoms with Crippen molar-refractivity contribution in [1.29, 1.82) is 0 Å². The van der Waals surface area contributed by atoms with E-state index in [0.29, 0.717) is 6.42 Å². The molecule has 21 heavy (non-hydrogen) atoms. The van der Waals surface area contributed by atoms with Gasteiger partial charge in [-0.1, -0.05) is 29.3 Å². The van der Waals surface area contributed by atoms with Crippen molar-refractivity contribution in [3.05, 3.63) is 63.7 Å². The van der Waals surface area contributed by atoms with Crippen molar-refractivity contribution in [3.63, 3.8) is 0 Å². The molecule has 1 aliphatic rings. The van der Waals surface area contributed by atoms with Crippen LogP contribution in [0.5, 0.6) is 5.75 Å². The standard InChI is InChI=1S/C19H22O2/c1-11-5-6-17-15(9-11)16(20)10-18(21-17)19-13(3)7-12(2)8-14(19)4/h5-9,16,18,20H,10H2,1-4H3/t16-,18?/m1/s1. The third-order valence-electron chi connectivity index (χ3n) is 4.29. The first kappa shape index (κ1) is 14.2. The number of aliphatic hydroxyl groups is 1. The molecule has 0 aliphatic carbocycles. The quantitative estimate of drug-likeness (QED) is 0.835. The largest absolute Gasteiger partial charge is 0.485 e. The lowest BCUT2D eigenvalue weighted by atomic mass is 9.89. The van der Waals surface area contributed by atoms with Crippen LogP contribution in [0.15, 0.2) is 30.3 Å². The molecule has 1 unspecified atom stereocenters. The van der Waals surface area contributed by atoms with E-state index in [1.165, 1.54) is 22.3 Å². The van der Waals surface area contributed by atoms with Gasteiger partial charge in [-0.15, -0.1) is 0 Å². The molecular weight excluding hydrogens is 260 g/mol. The second kappa shape index (κ2) is 5.19. The lowest BCUT2D eigenvalue weighted by molar-refractivity contribution is 0.0651. The second-order valence-electron chi connectivity index (χ2n) is 6.21. The fraction of sp³-hybridized carbons (Fsp3) is 0.368. The van der Waals surface area contributed by atoms with E-state index in [2.05, 4.69) is 32.9 Å². The Bertz CT molecular complexity index is 665. The second-order valence-corrected chi connectivity index (χ2v) is 6.21. The molecule has 1 N–H and O–H groups in total. The first-order valence-electron chi connectivity index (χ1n) is 7.48. The monoisotopic (exact) mass is 282 g/mol. The zero-order valence-corrected chi connectivity index (χ0v) is 13.1. The number of aryl methyl sites for hydroxylation is 4. The number of fused-ring (bicyclic) bond motifs is 1. The van der Waals surface area contributed by atoms with Crippen molar-refractivity contribution < 1.29 is 9.84 Å². The van der Waals surface area contributed by atoms with Gasteiger partial charge in [-0.2, -0.15) is 0 Å². The fourth-order valence-electron chi connectivity index (χ4n) is 3.44. The van der Waals surface area contributed by atoms with Gasteiger partial charge in [0, 0.05) is 12.0 Å². The number of rotatable bonds is 1. The zero-order valence-electron chi connectivity index (χ0n) is 13.1. The maximum absolute atomic E-state index is 10.5. The minimum Gasteiger partial charge on any atom is -0.485 e. The molecule has 0 bridgehead atoms. The normalized spacial score (nSPS) is 20.8. The van der Waals surface area contributed by atoms with Gasteiger partial charge in [0.05, 0.1) is 6.10 Å². The number of ether oxygens (including phenoxy) is 1. The molecule has 1 heterocycles. The van der Waals surface area contributed by atoms with Crippen LogP contribution in [-0.4, -0.2) is 5.11 Å². The molecule has 1 aliphatic heterocycles. The van der Waals surface area contributed by atoms with Crippen LogP contribution >= 0.6 is 0 Å². The highest BCUT2D eigenvalue weighted by atomic mass is 16.5. The summed E-state index contributed by atoms with van der Waals surface area (Å²) in [5.74, 6) is 0.809. The Balaban J connectivity index is 2.02. The maximum atomic E-state index is 10.5. The molecule has 0 spiro atoms. The van der Waals surface area contributed by atoms with Crippen molar-refractivity contribution >= 4 is 0 Å². The summed E-state index contributed by atoms with van der Waals surface area (Å²) in [6.07, 6.45) is 0.0795. The Hall–Kier alpha value is -1.80. The van der Waals surface area contributed by atoms with E-state index in [1.807, 2.05) is 25.1 Å². The topological polar surface area (TPSA) is 29.5 Å². The Morgan fingerprint density at radius 2 is 1.62 bits per heavy atom. The third-order valence-corrected chi connectivity index (χ3v) is 4.29. The van der Waals surface area contributed by atoms with E-state index in [-0.39, 0.29) is 6.10 Å². The number of benzene rings is 2. The van der Waals surface area contributed by atoms with E-state index in [4.69, 9.17) is 4.74 Å². The van der Waals surface area contributed by atoms with Crippen molar-refractivity contribution in [2.75, 3.05) is 0 Å². The Kier molecular flexibility index (Phi) is 3.50. The molecule has 2 nitrogen and oxygen atoms in total. The molecule has 0 aromatic heterocycles.